The average molecular weight is 235 g/mol. The van der Waals surface area contributed by atoms with E-state index in [1.54, 1.807) is 0 Å². The van der Waals surface area contributed by atoms with Crippen LogP contribution in [0.2, 0.25) is 0 Å². The lowest BCUT2D eigenvalue weighted by Gasteiger charge is -2.01. The number of rotatable bonds is 2. The third-order valence-corrected chi connectivity index (χ3v) is 2.13. The largest absolute Gasteiger partial charge is 0.393 e. The molecule has 0 unspecified atom stereocenters. The van der Waals surface area contributed by atoms with Crippen molar-refractivity contribution in [3.63, 3.8) is 0 Å². The van der Waals surface area contributed by atoms with Gasteiger partial charge >= 0.3 is 5.69 Å². The molecule has 0 radical (unpaired) electrons. The van der Waals surface area contributed by atoms with Crippen LogP contribution in [0.3, 0.4) is 0 Å². The highest BCUT2D eigenvalue weighted by molar-refractivity contribution is 5.93. The minimum Gasteiger partial charge on any atom is -0.393 e. The van der Waals surface area contributed by atoms with Gasteiger partial charge in [-0.05, 0) is 0 Å². The fourth-order valence-electron chi connectivity index (χ4n) is 1.32. The third-order valence-electron chi connectivity index (χ3n) is 2.13. The van der Waals surface area contributed by atoms with Crippen molar-refractivity contribution in [2.45, 2.75) is 0 Å². The lowest BCUT2D eigenvalue weighted by molar-refractivity contribution is -0.385. The molecular formula is C8H5N5O4. The molecular weight excluding hydrogens is 230 g/mol. The quantitative estimate of drug-likeness (QED) is 0.605. The fraction of sp³-hybridized carbons (Fsp3) is 0. The molecule has 2 aromatic rings. The van der Waals surface area contributed by atoms with Crippen LogP contribution in [-0.2, 0) is 0 Å². The van der Waals surface area contributed by atoms with Gasteiger partial charge in [0.1, 0.15) is 18.1 Å². The zero-order valence-corrected chi connectivity index (χ0v) is 8.23. The van der Waals surface area contributed by atoms with Crippen LogP contribution in [0.5, 0.6) is 0 Å². The molecule has 0 fully saturated rings. The predicted octanol–water partition coefficient (Wildman–Crippen LogP) is 1.03. The number of nitrogens with two attached hydrogens (primary N) is 1. The van der Waals surface area contributed by atoms with Gasteiger partial charge in [-0.2, -0.15) is 0 Å². The van der Waals surface area contributed by atoms with Gasteiger partial charge in [0.2, 0.25) is 0 Å². The van der Waals surface area contributed by atoms with E-state index in [9.17, 15) is 20.2 Å². The van der Waals surface area contributed by atoms with E-state index in [0.29, 0.717) is 0 Å². The Bertz CT molecular complexity index is 636. The maximum absolute atomic E-state index is 10.6. The zero-order valence-electron chi connectivity index (χ0n) is 8.23. The zero-order chi connectivity index (χ0) is 12.6. The highest BCUT2D eigenvalue weighted by Gasteiger charge is 2.18. The van der Waals surface area contributed by atoms with Crippen LogP contribution in [-0.4, -0.2) is 19.8 Å². The first kappa shape index (κ1) is 10.7. The van der Waals surface area contributed by atoms with Gasteiger partial charge in [-0.3, -0.25) is 20.2 Å². The Hall–Kier alpha value is -2.84. The third kappa shape index (κ3) is 1.69. The highest BCUT2D eigenvalue weighted by atomic mass is 16.6. The molecule has 17 heavy (non-hydrogen) atoms. The summed E-state index contributed by atoms with van der Waals surface area (Å²) >= 11 is 0. The number of nitro groups is 2. The summed E-state index contributed by atoms with van der Waals surface area (Å²) in [6.45, 7) is 0. The Kier molecular flexibility index (Phi) is 2.28. The van der Waals surface area contributed by atoms with Gasteiger partial charge in [-0.25, -0.2) is 9.97 Å². The molecule has 0 spiro atoms. The summed E-state index contributed by atoms with van der Waals surface area (Å²) in [6, 6.07) is 1.11. The lowest BCUT2D eigenvalue weighted by Crippen LogP contribution is -1.99. The topological polar surface area (TPSA) is 138 Å². The molecule has 0 bridgehead atoms. The van der Waals surface area contributed by atoms with E-state index in [0.717, 1.165) is 18.5 Å². The van der Waals surface area contributed by atoms with E-state index in [2.05, 4.69) is 9.97 Å². The summed E-state index contributed by atoms with van der Waals surface area (Å²) in [5.41, 5.74) is 4.78. The first-order valence-corrected chi connectivity index (χ1v) is 4.33. The first-order valence-electron chi connectivity index (χ1n) is 4.33. The van der Waals surface area contributed by atoms with E-state index < -0.39 is 15.5 Å². The van der Waals surface area contributed by atoms with Crippen molar-refractivity contribution < 1.29 is 9.85 Å². The number of nitrogens with zero attached hydrogens (tertiary/aromatic N) is 4. The monoisotopic (exact) mass is 235 g/mol. The van der Waals surface area contributed by atoms with Gasteiger partial charge in [-0.1, -0.05) is 0 Å². The summed E-state index contributed by atoms with van der Waals surface area (Å²) < 4.78 is 0. The number of aromatic nitrogens is 2. The number of anilines is 1. The predicted molar refractivity (Wildman–Crippen MR) is 57.3 cm³/mol. The standard InChI is InChI=1S/C8H5N5O4/c9-7-5-1-4(12(14)15)2-10-8(5)11-3-6(7)13(16)17/h1-3H,(H2,9,10,11). The van der Waals surface area contributed by atoms with Crippen LogP contribution in [0.15, 0.2) is 18.5 Å². The van der Waals surface area contributed by atoms with Gasteiger partial charge in [-0.15, -0.1) is 0 Å². The second kappa shape index (κ2) is 3.63. The molecule has 9 heteroatoms. The number of fused-ring (bicyclic) bond motifs is 1. The summed E-state index contributed by atoms with van der Waals surface area (Å²) in [5, 5.41) is 21.3. The van der Waals surface area contributed by atoms with Crippen molar-refractivity contribution in [1.82, 2.24) is 9.97 Å². The Labute approximate surface area is 93.2 Å². The first-order chi connectivity index (χ1) is 8.00. The molecule has 2 aromatic heterocycles. The Morgan fingerprint density at radius 2 is 1.76 bits per heavy atom. The van der Waals surface area contributed by atoms with Gasteiger partial charge in [0.25, 0.3) is 5.69 Å². The van der Waals surface area contributed by atoms with Crippen LogP contribution < -0.4 is 5.73 Å². The Morgan fingerprint density at radius 3 is 2.35 bits per heavy atom. The Balaban J connectivity index is 2.78. The molecule has 2 heterocycles. The van der Waals surface area contributed by atoms with E-state index in [1.165, 1.54) is 0 Å². The molecule has 0 aliphatic carbocycles. The van der Waals surface area contributed by atoms with Crippen molar-refractivity contribution in [3.8, 4) is 0 Å². The molecule has 2 N–H and O–H groups in total. The number of hydrogen-bond acceptors (Lipinski definition) is 7. The smallest absolute Gasteiger partial charge is 0.311 e. The van der Waals surface area contributed by atoms with Crippen LogP contribution in [0.4, 0.5) is 17.1 Å². The lowest BCUT2D eigenvalue weighted by atomic mass is 10.2. The molecule has 2 rings (SSSR count). The number of nitrogen functional groups attached to an aromatic ring is 1. The molecule has 0 saturated heterocycles. The molecule has 86 valence electrons. The molecule has 0 aliphatic heterocycles. The highest BCUT2D eigenvalue weighted by Crippen LogP contribution is 2.29. The van der Waals surface area contributed by atoms with Crippen molar-refractivity contribution >= 4 is 28.1 Å². The van der Waals surface area contributed by atoms with Crippen LogP contribution in [0.25, 0.3) is 11.0 Å². The SMILES string of the molecule is Nc1c([N+](=O)[O-])cnc2ncc([N+](=O)[O-])cc12. The van der Waals surface area contributed by atoms with E-state index >= 15 is 0 Å². The van der Waals surface area contributed by atoms with E-state index in [1.807, 2.05) is 0 Å². The van der Waals surface area contributed by atoms with Gasteiger partial charge in [0.15, 0.2) is 5.65 Å². The van der Waals surface area contributed by atoms with Gasteiger partial charge in [0, 0.05) is 6.07 Å². The van der Waals surface area contributed by atoms with Crippen molar-refractivity contribution in [3.05, 3.63) is 38.7 Å². The summed E-state index contributed by atoms with van der Waals surface area (Å²) in [7, 11) is 0. The second-order valence-electron chi connectivity index (χ2n) is 3.14. The van der Waals surface area contributed by atoms with Crippen LogP contribution >= 0.6 is 0 Å². The maximum Gasteiger partial charge on any atom is 0.311 e. The molecule has 0 aliphatic rings. The minimum atomic E-state index is -0.708. The average Bonchev–Trinajstić information content (AvgIpc) is 2.28. The van der Waals surface area contributed by atoms with Gasteiger partial charge < -0.3 is 5.73 Å². The Morgan fingerprint density at radius 1 is 1.12 bits per heavy atom. The fourth-order valence-corrected chi connectivity index (χ4v) is 1.32. The molecule has 9 nitrogen and oxygen atoms in total. The van der Waals surface area contributed by atoms with Gasteiger partial charge in [0.05, 0.1) is 15.2 Å². The van der Waals surface area contributed by atoms with E-state index in [-0.39, 0.29) is 22.4 Å². The molecule has 0 aromatic carbocycles. The van der Waals surface area contributed by atoms with Crippen molar-refractivity contribution in [2.24, 2.45) is 0 Å². The minimum absolute atomic E-state index is 0.0911. The van der Waals surface area contributed by atoms with Crippen molar-refractivity contribution in [1.29, 1.82) is 0 Å². The molecule has 0 atom stereocenters. The summed E-state index contributed by atoms with van der Waals surface area (Å²) in [4.78, 5) is 27.2. The normalized spacial score (nSPS) is 10.4. The number of hydrogen-bond donors (Lipinski definition) is 1. The molecule has 0 saturated carbocycles. The summed E-state index contributed by atoms with van der Waals surface area (Å²) in [6.07, 6.45) is 1.98. The number of pyridine rings is 2. The second-order valence-corrected chi connectivity index (χ2v) is 3.14. The van der Waals surface area contributed by atoms with E-state index in [4.69, 9.17) is 5.73 Å². The summed E-state index contributed by atoms with van der Waals surface area (Å²) in [5.74, 6) is 0. The van der Waals surface area contributed by atoms with Crippen LogP contribution in [0.1, 0.15) is 0 Å². The van der Waals surface area contributed by atoms with Crippen molar-refractivity contribution in [2.75, 3.05) is 5.73 Å². The van der Waals surface area contributed by atoms with Crippen LogP contribution in [0, 0.1) is 20.2 Å². The molecule has 0 amide bonds. The maximum atomic E-state index is 10.6.